The zero-order chi connectivity index (χ0) is 13.8. The quantitative estimate of drug-likeness (QED) is 0.767. The largest absolute Gasteiger partial charge is 0.300 e. The molecule has 1 saturated carbocycles. The number of fused-ring (bicyclic) bond motifs is 1. The zero-order valence-electron chi connectivity index (χ0n) is 12.4. The first-order valence-corrected chi connectivity index (χ1v) is 7.91. The second kappa shape index (κ2) is 6.65. The summed E-state index contributed by atoms with van der Waals surface area (Å²) in [5.74, 6) is 1.80. The molecule has 3 heteroatoms. The number of hydrogen-bond acceptors (Lipinski definition) is 3. The van der Waals surface area contributed by atoms with Crippen molar-refractivity contribution in [3.63, 3.8) is 0 Å². The Balaban J connectivity index is 2.02. The molecule has 2 rings (SSSR count). The van der Waals surface area contributed by atoms with Crippen LogP contribution in [0.1, 0.15) is 58.8 Å². The topological polar surface area (TPSA) is 37.4 Å². The van der Waals surface area contributed by atoms with Gasteiger partial charge in [0.1, 0.15) is 11.6 Å². The van der Waals surface area contributed by atoms with Crippen LogP contribution >= 0.6 is 0 Å². The Morgan fingerprint density at radius 1 is 1.37 bits per heavy atom. The first-order valence-electron chi connectivity index (χ1n) is 7.91. The Morgan fingerprint density at radius 3 is 2.84 bits per heavy atom. The van der Waals surface area contributed by atoms with Crippen molar-refractivity contribution in [3.05, 3.63) is 0 Å². The summed E-state index contributed by atoms with van der Waals surface area (Å²) in [7, 11) is 0. The normalized spacial score (nSPS) is 32.1. The van der Waals surface area contributed by atoms with Crippen LogP contribution in [0.5, 0.6) is 0 Å². The van der Waals surface area contributed by atoms with E-state index in [0.29, 0.717) is 42.3 Å². The van der Waals surface area contributed by atoms with E-state index in [0.717, 1.165) is 45.2 Å². The fourth-order valence-corrected chi connectivity index (χ4v) is 3.92. The van der Waals surface area contributed by atoms with Gasteiger partial charge in [-0.2, -0.15) is 0 Å². The summed E-state index contributed by atoms with van der Waals surface area (Å²) in [6.07, 6.45) is 6.17. The van der Waals surface area contributed by atoms with E-state index >= 15 is 0 Å². The van der Waals surface area contributed by atoms with E-state index in [2.05, 4.69) is 11.8 Å². The molecule has 0 spiro atoms. The molecule has 0 amide bonds. The Morgan fingerprint density at radius 2 is 2.16 bits per heavy atom. The lowest BCUT2D eigenvalue weighted by atomic mass is 9.73. The molecule has 1 heterocycles. The molecule has 0 aromatic carbocycles. The number of rotatable bonds is 5. The summed E-state index contributed by atoms with van der Waals surface area (Å²) in [5.41, 5.74) is 0. The number of likely N-dealkylation sites (tertiary alicyclic amines) is 1. The molecule has 3 atom stereocenters. The minimum Gasteiger partial charge on any atom is -0.300 e. The maximum absolute atomic E-state index is 11.7. The van der Waals surface area contributed by atoms with Crippen LogP contribution in [-0.2, 0) is 9.59 Å². The standard InChI is InChI=1S/C16H27NO2/c1-3-7-17-11-12(9-14(18)4-2)8-13-10-15(19)5-6-16(13)17/h12-13,16H,3-11H2,1-2H3/t12-,13-,16-/m1/s1. The minimum atomic E-state index is 0.377. The molecule has 0 radical (unpaired) electrons. The minimum absolute atomic E-state index is 0.377. The number of carbonyl (C=O) groups is 2. The van der Waals surface area contributed by atoms with Crippen molar-refractivity contribution in [2.75, 3.05) is 13.1 Å². The van der Waals surface area contributed by atoms with Gasteiger partial charge in [0, 0.05) is 38.3 Å². The Hall–Kier alpha value is -0.700. The average molecular weight is 265 g/mol. The second-order valence-corrected chi connectivity index (χ2v) is 6.30. The summed E-state index contributed by atoms with van der Waals surface area (Å²) < 4.78 is 0. The number of nitrogens with zero attached hydrogens (tertiary/aromatic N) is 1. The van der Waals surface area contributed by atoms with Crippen LogP contribution in [0.4, 0.5) is 0 Å². The lowest BCUT2D eigenvalue weighted by Gasteiger charge is -2.46. The molecule has 1 aliphatic heterocycles. The molecule has 108 valence electrons. The van der Waals surface area contributed by atoms with Gasteiger partial charge in [-0.15, -0.1) is 0 Å². The van der Waals surface area contributed by atoms with Gasteiger partial charge in [0.2, 0.25) is 0 Å². The van der Waals surface area contributed by atoms with Crippen LogP contribution in [-0.4, -0.2) is 35.6 Å². The highest BCUT2D eigenvalue weighted by Crippen LogP contribution is 2.37. The summed E-state index contributed by atoms with van der Waals surface area (Å²) in [5, 5.41) is 0. The van der Waals surface area contributed by atoms with Gasteiger partial charge in [-0.3, -0.25) is 14.5 Å². The van der Waals surface area contributed by atoms with Gasteiger partial charge >= 0.3 is 0 Å². The molecule has 0 unspecified atom stereocenters. The van der Waals surface area contributed by atoms with E-state index < -0.39 is 0 Å². The number of hydrogen-bond donors (Lipinski definition) is 0. The van der Waals surface area contributed by atoms with Crippen molar-refractivity contribution in [2.24, 2.45) is 11.8 Å². The first kappa shape index (κ1) is 14.7. The van der Waals surface area contributed by atoms with Gasteiger partial charge in [-0.1, -0.05) is 13.8 Å². The molecule has 0 bridgehead atoms. The van der Waals surface area contributed by atoms with E-state index in [-0.39, 0.29) is 0 Å². The maximum atomic E-state index is 11.7. The predicted molar refractivity (Wildman–Crippen MR) is 76.0 cm³/mol. The van der Waals surface area contributed by atoms with Crippen LogP contribution in [0.25, 0.3) is 0 Å². The monoisotopic (exact) mass is 265 g/mol. The molecular weight excluding hydrogens is 238 g/mol. The van der Waals surface area contributed by atoms with Crippen LogP contribution in [0.15, 0.2) is 0 Å². The number of Topliss-reactive ketones (excluding diaryl/α,β-unsaturated/α-hetero) is 2. The zero-order valence-corrected chi connectivity index (χ0v) is 12.4. The number of ketones is 2. The SMILES string of the molecule is CCCN1C[C@@H](CC(=O)CC)C[C@@H]2CC(=O)CC[C@H]21. The highest BCUT2D eigenvalue weighted by Gasteiger charge is 2.39. The van der Waals surface area contributed by atoms with Gasteiger partial charge in [0.25, 0.3) is 0 Å². The van der Waals surface area contributed by atoms with Crippen molar-refractivity contribution >= 4 is 11.6 Å². The Kier molecular flexibility index (Phi) is 5.14. The summed E-state index contributed by atoms with van der Waals surface area (Å²) in [6, 6.07) is 0.602. The molecule has 0 aromatic rings. The molecule has 2 fully saturated rings. The van der Waals surface area contributed by atoms with E-state index in [1.54, 1.807) is 0 Å². The van der Waals surface area contributed by atoms with Crippen molar-refractivity contribution in [2.45, 2.75) is 64.8 Å². The maximum Gasteiger partial charge on any atom is 0.133 e. The fraction of sp³-hybridized carbons (Fsp3) is 0.875. The van der Waals surface area contributed by atoms with Gasteiger partial charge in [-0.05, 0) is 37.6 Å². The van der Waals surface area contributed by atoms with Gasteiger partial charge in [-0.25, -0.2) is 0 Å². The van der Waals surface area contributed by atoms with Crippen LogP contribution in [0.2, 0.25) is 0 Å². The fourth-order valence-electron chi connectivity index (χ4n) is 3.92. The summed E-state index contributed by atoms with van der Waals surface area (Å²) in [4.78, 5) is 25.9. The number of piperidine rings is 1. The Labute approximate surface area is 116 Å². The van der Waals surface area contributed by atoms with Crippen molar-refractivity contribution < 1.29 is 9.59 Å². The van der Waals surface area contributed by atoms with Gasteiger partial charge in [0.05, 0.1) is 0 Å². The summed E-state index contributed by atoms with van der Waals surface area (Å²) >= 11 is 0. The predicted octanol–water partition coefficient (Wildman–Crippen LogP) is 2.83. The lowest BCUT2D eigenvalue weighted by Crippen LogP contribution is -2.51. The van der Waals surface area contributed by atoms with Crippen molar-refractivity contribution in [3.8, 4) is 0 Å². The molecule has 19 heavy (non-hydrogen) atoms. The van der Waals surface area contributed by atoms with E-state index in [1.165, 1.54) is 0 Å². The molecular formula is C16H27NO2. The number of carbonyl (C=O) groups excluding carboxylic acids is 2. The third-order valence-corrected chi connectivity index (χ3v) is 4.77. The smallest absolute Gasteiger partial charge is 0.133 e. The Bertz CT molecular complexity index is 340. The highest BCUT2D eigenvalue weighted by atomic mass is 16.1. The molecule has 1 saturated heterocycles. The molecule has 2 aliphatic rings. The third-order valence-electron chi connectivity index (χ3n) is 4.77. The first-order chi connectivity index (χ1) is 9.13. The second-order valence-electron chi connectivity index (χ2n) is 6.30. The van der Waals surface area contributed by atoms with E-state index in [1.807, 2.05) is 6.92 Å². The molecule has 0 N–H and O–H groups in total. The van der Waals surface area contributed by atoms with Gasteiger partial charge in [0.15, 0.2) is 0 Å². The molecule has 3 nitrogen and oxygen atoms in total. The van der Waals surface area contributed by atoms with Gasteiger partial charge < -0.3 is 0 Å². The highest BCUT2D eigenvalue weighted by molar-refractivity contribution is 5.80. The van der Waals surface area contributed by atoms with Crippen LogP contribution < -0.4 is 0 Å². The van der Waals surface area contributed by atoms with Crippen molar-refractivity contribution in [1.82, 2.24) is 4.90 Å². The molecule has 1 aliphatic carbocycles. The van der Waals surface area contributed by atoms with Crippen LogP contribution in [0, 0.1) is 11.8 Å². The lowest BCUT2D eigenvalue weighted by molar-refractivity contribution is -0.125. The van der Waals surface area contributed by atoms with Crippen LogP contribution in [0.3, 0.4) is 0 Å². The molecule has 0 aromatic heterocycles. The average Bonchev–Trinajstić information content (AvgIpc) is 2.38. The summed E-state index contributed by atoms with van der Waals surface area (Å²) in [6.45, 7) is 6.34. The van der Waals surface area contributed by atoms with E-state index in [4.69, 9.17) is 0 Å². The van der Waals surface area contributed by atoms with E-state index in [9.17, 15) is 9.59 Å². The van der Waals surface area contributed by atoms with Crippen molar-refractivity contribution in [1.29, 1.82) is 0 Å². The third kappa shape index (κ3) is 3.65.